The fraction of sp³-hybridized carbons (Fsp3) is 0.500. The van der Waals surface area contributed by atoms with Crippen LogP contribution >= 0.6 is 11.8 Å². The van der Waals surface area contributed by atoms with Gasteiger partial charge in [-0.25, -0.2) is 0 Å². The van der Waals surface area contributed by atoms with Crippen LogP contribution < -0.4 is 5.32 Å². The van der Waals surface area contributed by atoms with Crippen molar-refractivity contribution in [2.45, 2.75) is 12.0 Å². The summed E-state index contributed by atoms with van der Waals surface area (Å²) in [4.78, 5) is 0. The predicted octanol–water partition coefficient (Wildman–Crippen LogP) is 1.77. The summed E-state index contributed by atoms with van der Waals surface area (Å²) in [5, 5.41) is 13.0. The van der Waals surface area contributed by atoms with E-state index >= 15 is 0 Å². The molecular weight excluding hydrogens is 206 g/mol. The first-order chi connectivity index (χ1) is 7.33. The molecule has 0 aliphatic carbocycles. The number of hydrogen-bond acceptors (Lipinski definition) is 3. The van der Waals surface area contributed by atoms with Crippen molar-refractivity contribution in [3.63, 3.8) is 0 Å². The van der Waals surface area contributed by atoms with E-state index in [4.69, 9.17) is 0 Å². The largest absolute Gasteiger partial charge is 0.387 e. The molecule has 1 unspecified atom stereocenters. The van der Waals surface area contributed by atoms with Gasteiger partial charge in [0.1, 0.15) is 0 Å². The average molecular weight is 223 g/mol. The van der Waals surface area contributed by atoms with Crippen LogP contribution in [0.2, 0.25) is 0 Å². The number of benzene rings is 1. The summed E-state index contributed by atoms with van der Waals surface area (Å²) >= 11 is 1.98. The SMILES string of the molecule is CNCC(O)c1ccccc1C1CSC1. The van der Waals surface area contributed by atoms with Crippen LogP contribution in [0.5, 0.6) is 0 Å². The normalized spacial score (nSPS) is 18.5. The maximum Gasteiger partial charge on any atom is 0.0917 e. The average Bonchev–Trinajstić information content (AvgIpc) is 2.16. The number of nitrogens with one attached hydrogen (secondary N) is 1. The van der Waals surface area contributed by atoms with Crippen molar-refractivity contribution in [3.05, 3.63) is 35.4 Å². The second kappa shape index (κ2) is 5.01. The summed E-state index contributed by atoms with van der Waals surface area (Å²) in [6.45, 7) is 0.622. The molecule has 1 aliphatic heterocycles. The number of hydrogen-bond donors (Lipinski definition) is 2. The molecule has 15 heavy (non-hydrogen) atoms. The number of rotatable bonds is 4. The van der Waals surface area contributed by atoms with E-state index in [0.29, 0.717) is 12.5 Å². The topological polar surface area (TPSA) is 32.3 Å². The van der Waals surface area contributed by atoms with E-state index in [0.717, 1.165) is 5.56 Å². The third-order valence-corrected chi connectivity index (χ3v) is 4.11. The van der Waals surface area contributed by atoms with Crippen molar-refractivity contribution in [2.24, 2.45) is 0 Å². The molecule has 0 aromatic heterocycles. The van der Waals surface area contributed by atoms with Gasteiger partial charge in [-0.05, 0) is 18.2 Å². The minimum absolute atomic E-state index is 0.378. The second-order valence-corrected chi connectivity index (χ2v) is 5.01. The van der Waals surface area contributed by atoms with Crippen molar-refractivity contribution in [2.75, 3.05) is 25.1 Å². The van der Waals surface area contributed by atoms with Gasteiger partial charge in [0.15, 0.2) is 0 Å². The summed E-state index contributed by atoms with van der Waals surface area (Å²) < 4.78 is 0. The minimum Gasteiger partial charge on any atom is -0.387 e. The Morgan fingerprint density at radius 3 is 2.80 bits per heavy atom. The molecule has 1 saturated heterocycles. The van der Waals surface area contributed by atoms with Crippen LogP contribution in [0.4, 0.5) is 0 Å². The molecular formula is C12H17NOS. The van der Waals surface area contributed by atoms with Gasteiger partial charge < -0.3 is 10.4 Å². The van der Waals surface area contributed by atoms with Crippen LogP contribution in [-0.4, -0.2) is 30.2 Å². The molecule has 1 fully saturated rings. The molecule has 1 aromatic carbocycles. The van der Waals surface area contributed by atoms with E-state index in [-0.39, 0.29) is 6.10 Å². The third-order valence-electron chi connectivity index (χ3n) is 2.83. The Bertz CT molecular complexity index is 325. The molecule has 2 rings (SSSR count). The number of thioether (sulfide) groups is 1. The van der Waals surface area contributed by atoms with Crippen LogP contribution in [-0.2, 0) is 0 Å². The van der Waals surface area contributed by atoms with Crippen molar-refractivity contribution < 1.29 is 5.11 Å². The zero-order valence-corrected chi connectivity index (χ0v) is 9.76. The predicted molar refractivity (Wildman–Crippen MR) is 65.4 cm³/mol. The zero-order valence-electron chi connectivity index (χ0n) is 8.94. The lowest BCUT2D eigenvalue weighted by Gasteiger charge is -2.28. The summed E-state index contributed by atoms with van der Waals surface area (Å²) in [7, 11) is 1.87. The molecule has 0 radical (unpaired) electrons. The van der Waals surface area contributed by atoms with Gasteiger partial charge in [0.2, 0.25) is 0 Å². The lowest BCUT2D eigenvalue weighted by Crippen LogP contribution is -2.22. The molecule has 0 amide bonds. The van der Waals surface area contributed by atoms with E-state index in [9.17, 15) is 5.11 Å². The standard InChI is InChI=1S/C12H17NOS/c1-13-6-12(14)11-5-3-2-4-10(11)9-7-15-8-9/h2-5,9,12-14H,6-8H2,1H3. The monoisotopic (exact) mass is 223 g/mol. The molecule has 0 spiro atoms. The van der Waals surface area contributed by atoms with Crippen molar-refractivity contribution >= 4 is 11.8 Å². The van der Waals surface area contributed by atoms with Gasteiger partial charge in [0.25, 0.3) is 0 Å². The Balaban J connectivity index is 2.20. The second-order valence-electron chi connectivity index (χ2n) is 3.94. The van der Waals surface area contributed by atoms with Gasteiger partial charge in [0, 0.05) is 24.0 Å². The number of aliphatic hydroxyl groups is 1. The van der Waals surface area contributed by atoms with Crippen LogP contribution in [0.25, 0.3) is 0 Å². The molecule has 1 heterocycles. The van der Waals surface area contributed by atoms with E-state index in [2.05, 4.69) is 17.4 Å². The summed E-state index contributed by atoms with van der Waals surface area (Å²) in [5.74, 6) is 3.05. The first kappa shape index (κ1) is 11.0. The molecule has 1 aliphatic rings. The number of likely N-dealkylation sites (N-methyl/N-ethyl adjacent to an activating group) is 1. The Morgan fingerprint density at radius 1 is 1.47 bits per heavy atom. The number of aliphatic hydroxyl groups excluding tert-OH is 1. The van der Waals surface area contributed by atoms with Crippen molar-refractivity contribution in [3.8, 4) is 0 Å². The highest BCUT2D eigenvalue weighted by molar-refractivity contribution is 8.00. The molecule has 82 valence electrons. The quantitative estimate of drug-likeness (QED) is 0.816. The maximum absolute atomic E-state index is 10.0. The smallest absolute Gasteiger partial charge is 0.0917 e. The van der Waals surface area contributed by atoms with Gasteiger partial charge in [0.05, 0.1) is 6.10 Å². The van der Waals surface area contributed by atoms with Crippen LogP contribution in [0.15, 0.2) is 24.3 Å². The van der Waals surface area contributed by atoms with Gasteiger partial charge in [-0.1, -0.05) is 24.3 Å². The highest BCUT2D eigenvalue weighted by Gasteiger charge is 2.24. The Morgan fingerprint density at radius 2 is 2.20 bits per heavy atom. The highest BCUT2D eigenvalue weighted by atomic mass is 32.2. The van der Waals surface area contributed by atoms with Crippen LogP contribution in [0, 0.1) is 0 Å². The van der Waals surface area contributed by atoms with Gasteiger partial charge in [-0.2, -0.15) is 11.8 Å². The summed E-state index contributed by atoms with van der Waals surface area (Å²) in [6, 6.07) is 8.26. The van der Waals surface area contributed by atoms with Gasteiger partial charge >= 0.3 is 0 Å². The summed E-state index contributed by atoms with van der Waals surface area (Å²) in [6.07, 6.45) is -0.378. The fourth-order valence-corrected chi connectivity index (χ4v) is 2.74. The Labute approximate surface area is 95.1 Å². The summed E-state index contributed by atoms with van der Waals surface area (Å²) in [5.41, 5.74) is 2.43. The Kier molecular flexibility index (Phi) is 3.67. The highest BCUT2D eigenvalue weighted by Crippen LogP contribution is 2.37. The first-order valence-electron chi connectivity index (χ1n) is 5.32. The van der Waals surface area contributed by atoms with E-state index in [1.807, 2.05) is 30.9 Å². The van der Waals surface area contributed by atoms with Gasteiger partial charge in [-0.3, -0.25) is 0 Å². The fourth-order valence-electron chi connectivity index (χ4n) is 1.90. The molecule has 3 heteroatoms. The molecule has 0 saturated carbocycles. The maximum atomic E-state index is 10.0. The van der Waals surface area contributed by atoms with Crippen molar-refractivity contribution in [1.29, 1.82) is 0 Å². The Hall–Kier alpha value is -0.510. The lowest BCUT2D eigenvalue weighted by atomic mass is 9.93. The molecule has 2 N–H and O–H groups in total. The molecule has 1 atom stereocenters. The van der Waals surface area contributed by atoms with E-state index in [1.165, 1.54) is 17.1 Å². The van der Waals surface area contributed by atoms with Crippen LogP contribution in [0.1, 0.15) is 23.1 Å². The van der Waals surface area contributed by atoms with Crippen LogP contribution in [0.3, 0.4) is 0 Å². The minimum atomic E-state index is -0.378. The molecule has 1 aromatic rings. The zero-order chi connectivity index (χ0) is 10.7. The molecule has 0 bridgehead atoms. The van der Waals surface area contributed by atoms with E-state index < -0.39 is 0 Å². The molecule has 2 nitrogen and oxygen atoms in total. The van der Waals surface area contributed by atoms with E-state index in [1.54, 1.807) is 0 Å². The third kappa shape index (κ3) is 2.36. The van der Waals surface area contributed by atoms with Crippen molar-refractivity contribution in [1.82, 2.24) is 5.32 Å². The van der Waals surface area contributed by atoms with Gasteiger partial charge in [-0.15, -0.1) is 0 Å². The first-order valence-corrected chi connectivity index (χ1v) is 6.47. The lowest BCUT2D eigenvalue weighted by molar-refractivity contribution is 0.176.